The van der Waals surface area contributed by atoms with Crippen LogP contribution in [0.15, 0.2) is 45.4 Å². The maximum Gasteiger partial charge on any atom is 0.283 e. The van der Waals surface area contributed by atoms with E-state index in [2.05, 4.69) is 46.5 Å². The second-order valence-corrected chi connectivity index (χ2v) is 5.59. The highest BCUT2D eigenvalue weighted by atomic mass is 16.4. The summed E-state index contributed by atoms with van der Waals surface area (Å²) < 4.78 is 12.7. The first-order valence-corrected chi connectivity index (χ1v) is 7.51. The maximum atomic E-state index is 5.66. The monoisotopic (exact) mass is 321 g/mol. The van der Waals surface area contributed by atoms with Gasteiger partial charge in [0, 0.05) is 0 Å². The molecule has 0 radical (unpaired) electrons. The van der Waals surface area contributed by atoms with Gasteiger partial charge in [0.2, 0.25) is 0 Å². The van der Waals surface area contributed by atoms with Crippen LogP contribution in [0.2, 0.25) is 0 Å². The Hall–Kier alpha value is -3.22. The quantitative estimate of drug-likeness (QED) is 0.574. The van der Waals surface area contributed by atoms with Crippen molar-refractivity contribution in [1.82, 2.24) is 25.2 Å². The fraction of sp³-hybridized carbons (Fsp3) is 0.176. The van der Waals surface area contributed by atoms with Gasteiger partial charge in [-0.15, -0.1) is 15.3 Å². The Kier molecular flexibility index (Phi) is 3.26. The highest BCUT2D eigenvalue weighted by Gasteiger charge is 2.19. The minimum absolute atomic E-state index is 0.314. The fourth-order valence-corrected chi connectivity index (χ4v) is 2.45. The molecule has 4 rings (SSSR count). The standard InChI is InChI=1S/C17H15N5O2/c1-10-6-7-13(9-11(10)2)22-12(3)15(18-21-22)17-20-19-16(24-17)14-5-4-8-23-14/h4-9H,1-3H3. The molecule has 1 aromatic carbocycles. The summed E-state index contributed by atoms with van der Waals surface area (Å²) in [6.07, 6.45) is 1.56. The summed E-state index contributed by atoms with van der Waals surface area (Å²) in [6, 6.07) is 9.67. The van der Waals surface area contributed by atoms with E-state index < -0.39 is 0 Å². The van der Waals surface area contributed by atoms with Crippen LogP contribution in [0.1, 0.15) is 16.8 Å². The van der Waals surface area contributed by atoms with Crippen molar-refractivity contribution in [3.8, 4) is 28.9 Å². The third-order valence-electron chi connectivity index (χ3n) is 3.99. The molecule has 0 saturated carbocycles. The molecule has 0 aliphatic heterocycles. The van der Waals surface area contributed by atoms with Crippen LogP contribution < -0.4 is 0 Å². The number of furan rings is 1. The van der Waals surface area contributed by atoms with Crippen molar-refractivity contribution in [2.75, 3.05) is 0 Å². The van der Waals surface area contributed by atoms with Crippen molar-refractivity contribution in [3.05, 3.63) is 53.4 Å². The molecular weight excluding hydrogens is 306 g/mol. The highest BCUT2D eigenvalue weighted by molar-refractivity contribution is 5.54. The molecule has 0 saturated heterocycles. The Labute approximate surface area is 137 Å². The lowest BCUT2D eigenvalue weighted by Crippen LogP contribution is -2.00. The van der Waals surface area contributed by atoms with Gasteiger partial charge in [-0.1, -0.05) is 11.3 Å². The van der Waals surface area contributed by atoms with E-state index in [0.717, 1.165) is 11.4 Å². The zero-order valence-electron chi connectivity index (χ0n) is 13.5. The average Bonchev–Trinajstić information content (AvgIpc) is 3.29. The molecule has 24 heavy (non-hydrogen) atoms. The first-order valence-electron chi connectivity index (χ1n) is 7.51. The summed E-state index contributed by atoms with van der Waals surface area (Å²) in [4.78, 5) is 0. The van der Waals surface area contributed by atoms with Gasteiger partial charge in [0.05, 0.1) is 17.6 Å². The Morgan fingerprint density at radius 2 is 1.75 bits per heavy atom. The lowest BCUT2D eigenvalue weighted by Gasteiger charge is -2.06. The first-order chi connectivity index (χ1) is 11.6. The molecular formula is C17H15N5O2. The lowest BCUT2D eigenvalue weighted by molar-refractivity contribution is 0.522. The van der Waals surface area contributed by atoms with E-state index >= 15 is 0 Å². The second-order valence-electron chi connectivity index (χ2n) is 5.59. The lowest BCUT2D eigenvalue weighted by atomic mass is 10.1. The Balaban J connectivity index is 1.73. The Morgan fingerprint density at radius 3 is 2.50 bits per heavy atom. The minimum Gasteiger partial charge on any atom is -0.459 e. The molecule has 0 atom stereocenters. The van der Waals surface area contributed by atoms with Gasteiger partial charge in [-0.05, 0) is 56.2 Å². The Morgan fingerprint density at radius 1 is 0.917 bits per heavy atom. The zero-order valence-corrected chi connectivity index (χ0v) is 13.5. The van der Waals surface area contributed by atoms with Crippen molar-refractivity contribution in [1.29, 1.82) is 0 Å². The van der Waals surface area contributed by atoms with E-state index in [1.165, 1.54) is 11.1 Å². The van der Waals surface area contributed by atoms with Crippen molar-refractivity contribution in [2.24, 2.45) is 0 Å². The highest BCUT2D eigenvalue weighted by Crippen LogP contribution is 2.26. The summed E-state index contributed by atoms with van der Waals surface area (Å²) in [5, 5.41) is 16.5. The normalized spacial score (nSPS) is 11.1. The number of hydrogen-bond donors (Lipinski definition) is 0. The third-order valence-corrected chi connectivity index (χ3v) is 3.99. The maximum absolute atomic E-state index is 5.66. The molecule has 0 N–H and O–H groups in total. The van der Waals surface area contributed by atoms with Crippen molar-refractivity contribution in [3.63, 3.8) is 0 Å². The number of aryl methyl sites for hydroxylation is 2. The van der Waals surface area contributed by atoms with Crippen LogP contribution >= 0.6 is 0 Å². The van der Waals surface area contributed by atoms with Crippen LogP contribution in [0.5, 0.6) is 0 Å². The second kappa shape index (κ2) is 5.45. The van der Waals surface area contributed by atoms with Gasteiger partial charge in [0.25, 0.3) is 11.8 Å². The van der Waals surface area contributed by atoms with Crippen LogP contribution in [0.25, 0.3) is 28.9 Å². The zero-order chi connectivity index (χ0) is 16.7. The Bertz CT molecular complexity index is 998. The molecule has 3 aromatic heterocycles. The van der Waals surface area contributed by atoms with Crippen LogP contribution in [0, 0.1) is 20.8 Å². The van der Waals surface area contributed by atoms with E-state index in [9.17, 15) is 0 Å². The SMILES string of the molecule is Cc1ccc(-n2nnc(-c3nnc(-c4ccco4)o3)c2C)cc1C. The number of nitrogens with zero attached hydrogens (tertiary/aromatic N) is 5. The average molecular weight is 321 g/mol. The van der Waals surface area contributed by atoms with Gasteiger partial charge in [0.15, 0.2) is 11.5 Å². The molecule has 0 aliphatic carbocycles. The van der Waals surface area contributed by atoms with Crippen LogP contribution in [-0.2, 0) is 0 Å². The number of hydrogen-bond acceptors (Lipinski definition) is 6. The van der Waals surface area contributed by atoms with Gasteiger partial charge in [0.1, 0.15) is 0 Å². The van der Waals surface area contributed by atoms with Gasteiger partial charge >= 0.3 is 0 Å². The van der Waals surface area contributed by atoms with Crippen LogP contribution in [0.3, 0.4) is 0 Å². The molecule has 7 heteroatoms. The van der Waals surface area contributed by atoms with Gasteiger partial charge < -0.3 is 8.83 Å². The van der Waals surface area contributed by atoms with Gasteiger partial charge in [-0.2, -0.15) is 0 Å². The molecule has 0 bridgehead atoms. The van der Waals surface area contributed by atoms with E-state index in [1.807, 2.05) is 13.0 Å². The van der Waals surface area contributed by atoms with E-state index in [0.29, 0.717) is 23.2 Å². The van der Waals surface area contributed by atoms with E-state index in [-0.39, 0.29) is 0 Å². The molecule has 0 aliphatic rings. The van der Waals surface area contributed by atoms with Gasteiger partial charge in [-0.3, -0.25) is 0 Å². The molecule has 0 spiro atoms. The van der Waals surface area contributed by atoms with Crippen LogP contribution in [0.4, 0.5) is 0 Å². The predicted octanol–water partition coefficient (Wildman–Crippen LogP) is 3.50. The topological polar surface area (TPSA) is 82.8 Å². The number of rotatable bonds is 3. The summed E-state index contributed by atoms with van der Waals surface area (Å²) in [6.45, 7) is 6.06. The van der Waals surface area contributed by atoms with E-state index in [1.54, 1.807) is 23.1 Å². The van der Waals surface area contributed by atoms with E-state index in [4.69, 9.17) is 8.83 Å². The largest absolute Gasteiger partial charge is 0.459 e. The number of aromatic nitrogens is 5. The molecule has 7 nitrogen and oxygen atoms in total. The third kappa shape index (κ3) is 2.30. The molecule has 120 valence electrons. The fourth-order valence-electron chi connectivity index (χ4n) is 2.45. The van der Waals surface area contributed by atoms with Gasteiger partial charge in [-0.25, -0.2) is 4.68 Å². The molecule has 0 unspecified atom stereocenters. The van der Waals surface area contributed by atoms with Crippen molar-refractivity contribution < 1.29 is 8.83 Å². The summed E-state index contributed by atoms with van der Waals surface area (Å²) in [5.41, 5.74) is 4.75. The molecule has 0 fully saturated rings. The minimum atomic E-state index is 0.314. The smallest absolute Gasteiger partial charge is 0.283 e. The first kappa shape index (κ1) is 14.4. The van der Waals surface area contributed by atoms with Crippen molar-refractivity contribution in [2.45, 2.75) is 20.8 Å². The predicted molar refractivity (Wildman–Crippen MR) is 86.6 cm³/mol. The summed E-state index contributed by atoms with van der Waals surface area (Å²) >= 11 is 0. The van der Waals surface area contributed by atoms with Crippen molar-refractivity contribution >= 4 is 0 Å². The molecule has 0 amide bonds. The van der Waals surface area contributed by atoms with Crippen LogP contribution in [-0.4, -0.2) is 25.2 Å². The summed E-state index contributed by atoms with van der Waals surface area (Å²) in [7, 11) is 0. The molecule has 4 aromatic rings. The summed E-state index contributed by atoms with van der Waals surface area (Å²) in [5.74, 6) is 1.15. The molecule has 3 heterocycles. The number of benzene rings is 1.